The summed E-state index contributed by atoms with van der Waals surface area (Å²) in [6.45, 7) is 0.401. The van der Waals surface area contributed by atoms with Crippen molar-refractivity contribution >= 4 is 27.6 Å². The molecule has 2 aromatic rings. The zero-order valence-electron chi connectivity index (χ0n) is 11.1. The van der Waals surface area contributed by atoms with E-state index >= 15 is 0 Å². The number of carbonyl (C=O) groups excluding carboxylic acids is 2. The Balaban J connectivity index is 1.87. The molecule has 0 saturated heterocycles. The molecule has 1 heterocycles. The molecular weight excluding hydrogens is 332 g/mol. The van der Waals surface area contributed by atoms with E-state index in [1.807, 2.05) is 12.1 Å². The number of ketones is 1. The third kappa shape index (κ3) is 4.96. The van der Waals surface area contributed by atoms with E-state index in [2.05, 4.69) is 26.2 Å². The number of halogens is 1. The maximum absolute atomic E-state index is 11.8. The van der Waals surface area contributed by atoms with Gasteiger partial charge in [-0.3, -0.25) is 14.6 Å². The molecule has 0 aliphatic heterocycles. The molecule has 0 radical (unpaired) electrons. The summed E-state index contributed by atoms with van der Waals surface area (Å²) in [5.41, 5.74) is 1.49. The number of benzene rings is 1. The van der Waals surface area contributed by atoms with Gasteiger partial charge in [-0.1, -0.05) is 15.9 Å². The van der Waals surface area contributed by atoms with Gasteiger partial charge < -0.3 is 5.32 Å². The van der Waals surface area contributed by atoms with Crippen LogP contribution in [0.2, 0.25) is 0 Å². The molecule has 0 saturated carbocycles. The first-order valence-electron chi connectivity index (χ1n) is 6.30. The number of aromatic nitrogens is 1. The fourth-order valence-electron chi connectivity index (χ4n) is 1.61. The number of amides is 1. The Kier molecular flexibility index (Phi) is 5.40. The molecule has 4 nitrogen and oxygen atoms in total. The monoisotopic (exact) mass is 344 g/mol. The van der Waals surface area contributed by atoms with Crippen LogP contribution in [0.1, 0.15) is 15.9 Å². The molecule has 1 aromatic heterocycles. The summed E-state index contributed by atoms with van der Waals surface area (Å²) in [4.78, 5) is 27.4. The van der Waals surface area contributed by atoms with E-state index in [-0.39, 0.29) is 11.7 Å². The molecule has 1 N–H and O–H groups in total. The second-order valence-corrected chi connectivity index (χ2v) is 5.19. The zero-order valence-corrected chi connectivity index (χ0v) is 12.7. The van der Waals surface area contributed by atoms with Gasteiger partial charge in [-0.15, -0.1) is 0 Å². The lowest BCUT2D eigenvalue weighted by molar-refractivity contribution is -0.116. The van der Waals surface area contributed by atoms with E-state index in [1.54, 1.807) is 36.7 Å². The Morgan fingerprint density at radius 1 is 1.05 bits per heavy atom. The average molecular weight is 345 g/mol. The summed E-state index contributed by atoms with van der Waals surface area (Å²) in [5.74, 6) is -0.515. The van der Waals surface area contributed by atoms with Crippen molar-refractivity contribution in [2.75, 3.05) is 0 Å². The van der Waals surface area contributed by atoms with E-state index in [1.165, 1.54) is 12.2 Å². The third-order valence-electron chi connectivity index (χ3n) is 2.73. The Labute approximate surface area is 131 Å². The number of hydrogen-bond acceptors (Lipinski definition) is 3. The molecule has 106 valence electrons. The Bertz CT molecular complexity index is 652. The van der Waals surface area contributed by atoms with Crippen LogP contribution < -0.4 is 5.32 Å². The highest BCUT2D eigenvalue weighted by Gasteiger charge is 2.02. The van der Waals surface area contributed by atoms with Crippen molar-refractivity contribution in [1.29, 1.82) is 0 Å². The number of nitrogens with one attached hydrogen (secondary N) is 1. The highest BCUT2D eigenvalue weighted by Crippen LogP contribution is 2.11. The van der Waals surface area contributed by atoms with Gasteiger partial charge in [0.1, 0.15) is 0 Å². The predicted molar refractivity (Wildman–Crippen MR) is 83.7 cm³/mol. The number of hydrogen-bond donors (Lipinski definition) is 1. The van der Waals surface area contributed by atoms with E-state index in [9.17, 15) is 9.59 Å². The van der Waals surface area contributed by atoms with Crippen molar-refractivity contribution in [3.63, 3.8) is 0 Å². The summed E-state index contributed by atoms with van der Waals surface area (Å²) in [5, 5.41) is 2.70. The topological polar surface area (TPSA) is 59.1 Å². The molecule has 0 bridgehead atoms. The van der Waals surface area contributed by atoms with Crippen molar-refractivity contribution < 1.29 is 9.59 Å². The summed E-state index contributed by atoms with van der Waals surface area (Å²) >= 11 is 3.30. The van der Waals surface area contributed by atoms with Crippen LogP contribution in [0.3, 0.4) is 0 Å². The maximum Gasteiger partial charge on any atom is 0.244 e. The minimum Gasteiger partial charge on any atom is -0.348 e. The number of carbonyl (C=O) groups is 2. The van der Waals surface area contributed by atoms with Crippen LogP contribution >= 0.6 is 15.9 Å². The normalized spacial score (nSPS) is 10.5. The molecule has 0 aliphatic rings. The number of allylic oxidation sites excluding steroid dienone is 1. The summed E-state index contributed by atoms with van der Waals surface area (Å²) < 4.78 is 0.901. The lowest BCUT2D eigenvalue weighted by atomic mass is 10.1. The third-order valence-corrected chi connectivity index (χ3v) is 3.26. The van der Waals surface area contributed by atoms with Gasteiger partial charge in [0, 0.05) is 35.1 Å². The summed E-state index contributed by atoms with van der Waals surface area (Å²) in [6.07, 6.45) is 5.83. The maximum atomic E-state index is 11.8. The van der Waals surface area contributed by atoms with Gasteiger partial charge in [0.15, 0.2) is 5.78 Å². The second kappa shape index (κ2) is 7.50. The SMILES string of the molecule is O=C(/C=C/C(=O)c1ccc(Br)cc1)NCc1ccncc1. The molecule has 1 amide bonds. The van der Waals surface area contributed by atoms with Gasteiger partial charge in [-0.2, -0.15) is 0 Å². The Morgan fingerprint density at radius 2 is 1.71 bits per heavy atom. The van der Waals surface area contributed by atoms with Crippen molar-refractivity contribution in [2.45, 2.75) is 6.54 Å². The van der Waals surface area contributed by atoms with Crippen LogP contribution in [-0.2, 0) is 11.3 Å². The number of pyridine rings is 1. The van der Waals surface area contributed by atoms with E-state index in [0.29, 0.717) is 12.1 Å². The standard InChI is InChI=1S/C16H13BrN2O2/c17-14-3-1-13(2-4-14)15(20)5-6-16(21)19-11-12-7-9-18-10-8-12/h1-10H,11H2,(H,19,21)/b6-5+. The zero-order chi connectivity index (χ0) is 15.1. The highest BCUT2D eigenvalue weighted by molar-refractivity contribution is 9.10. The first kappa shape index (κ1) is 15.1. The minimum absolute atomic E-state index is 0.207. The molecule has 0 spiro atoms. The van der Waals surface area contributed by atoms with Crippen molar-refractivity contribution in [1.82, 2.24) is 10.3 Å². The molecule has 21 heavy (non-hydrogen) atoms. The molecule has 0 fully saturated rings. The summed E-state index contributed by atoms with van der Waals surface area (Å²) in [6, 6.07) is 10.6. The van der Waals surface area contributed by atoms with Crippen LogP contribution in [0, 0.1) is 0 Å². The van der Waals surface area contributed by atoms with Gasteiger partial charge in [-0.05, 0) is 48.0 Å². The van der Waals surface area contributed by atoms with E-state index in [4.69, 9.17) is 0 Å². The average Bonchev–Trinajstić information content (AvgIpc) is 2.52. The Morgan fingerprint density at radius 3 is 2.38 bits per heavy atom. The quantitative estimate of drug-likeness (QED) is 0.670. The smallest absolute Gasteiger partial charge is 0.244 e. The first-order valence-corrected chi connectivity index (χ1v) is 7.09. The molecule has 5 heteroatoms. The second-order valence-electron chi connectivity index (χ2n) is 4.28. The van der Waals surface area contributed by atoms with Crippen LogP contribution in [0.25, 0.3) is 0 Å². The lowest BCUT2D eigenvalue weighted by Crippen LogP contribution is -2.20. The highest BCUT2D eigenvalue weighted by atomic mass is 79.9. The van der Waals surface area contributed by atoms with Crippen LogP contribution in [0.15, 0.2) is 65.4 Å². The fraction of sp³-hybridized carbons (Fsp3) is 0.0625. The molecular formula is C16H13BrN2O2. The van der Waals surface area contributed by atoms with Gasteiger partial charge in [0.2, 0.25) is 5.91 Å². The van der Waals surface area contributed by atoms with Gasteiger partial charge in [0.05, 0.1) is 0 Å². The largest absolute Gasteiger partial charge is 0.348 e. The molecule has 2 rings (SSSR count). The van der Waals surface area contributed by atoms with Crippen molar-refractivity contribution in [2.24, 2.45) is 0 Å². The Hall–Kier alpha value is -2.27. The van der Waals surface area contributed by atoms with Gasteiger partial charge >= 0.3 is 0 Å². The van der Waals surface area contributed by atoms with Crippen LogP contribution in [0.4, 0.5) is 0 Å². The number of rotatable bonds is 5. The van der Waals surface area contributed by atoms with Crippen LogP contribution in [-0.4, -0.2) is 16.7 Å². The fourth-order valence-corrected chi connectivity index (χ4v) is 1.87. The van der Waals surface area contributed by atoms with Crippen molar-refractivity contribution in [3.05, 3.63) is 76.5 Å². The summed E-state index contributed by atoms with van der Waals surface area (Å²) in [7, 11) is 0. The first-order chi connectivity index (χ1) is 10.1. The van der Waals surface area contributed by atoms with Crippen molar-refractivity contribution in [3.8, 4) is 0 Å². The lowest BCUT2D eigenvalue weighted by Gasteiger charge is -2.01. The molecule has 0 aliphatic carbocycles. The number of nitrogens with zero attached hydrogens (tertiary/aromatic N) is 1. The molecule has 0 atom stereocenters. The van der Waals surface area contributed by atoms with Gasteiger partial charge in [0.25, 0.3) is 0 Å². The minimum atomic E-state index is -0.308. The predicted octanol–water partition coefficient (Wildman–Crippen LogP) is 2.90. The van der Waals surface area contributed by atoms with Gasteiger partial charge in [-0.25, -0.2) is 0 Å². The molecule has 0 unspecified atom stereocenters. The van der Waals surface area contributed by atoms with Crippen LogP contribution in [0.5, 0.6) is 0 Å². The van der Waals surface area contributed by atoms with E-state index in [0.717, 1.165) is 10.0 Å². The van der Waals surface area contributed by atoms with E-state index < -0.39 is 0 Å². The molecule has 1 aromatic carbocycles.